The van der Waals surface area contributed by atoms with Crippen LogP contribution in [-0.2, 0) is 13.0 Å². The second-order valence-corrected chi connectivity index (χ2v) is 3.15. The molecule has 0 aromatic carbocycles. The first-order valence-corrected chi connectivity index (χ1v) is 4.47. The number of hydrogen-bond acceptors (Lipinski definition) is 3. The summed E-state index contributed by atoms with van der Waals surface area (Å²) in [5, 5.41) is 13.3. The summed E-state index contributed by atoms with van der Waals surface area (Å²) in [6.45, 7) is 2.55. The van der Waals surface area contributed by atoms with Crippen LogP contribution in [0.4, 0.5) is 0 Å². The summed E-state index contributed by atoms with van der Waals surface area (Å²) in [7, 11) is 0. The SMILES string of the molecule is Cc1[nH]c(CCn2cccn2)nc1O. The zero-order valence-corrected chi connectivity index (χ0v) is 7.94. The Kier molecular flexibility index (Phi) is 2.22. The Balaban J connectivity index is 1.98. The lowest BCUT2D eigenvalue weighted by atomic mass is 10.4. The lowest BCUT2D eigenvalue weighted by Crippen LogP contribution is -2.02. The van der Waals surface area contributed by atoms with Gasteiger partial charge in [-0.1, -0.05) is 0 Å². The van der Waals surface area contributed by atoms with Crippen molar-refractivity contribution in [2.75, 3.05) is 0 Å². The van der Waals surface area contributed by atoms with Gasteiger partial charge in [-0.2, -0.15) is 10.1 Å². The molecule has 0 aliphatic carbocycles. The van der Waals surface area contributed by atoms with Crippen molar-refractivity contribution < 1.29 is 5.11 Å². The fraction of sp³-hybridized carbons (Fsp3) is 0.333. The molecule has 2 heterocycles. The number of nitrogens with one attached hydrogen (secondary N) is 1. The van der Waals surface area contributed by atoms with Gasteiger partial charge >= 0.3 is 0 Å². The molecule has 0 fully saturated rings. The highest BCUT2D eigenvalue weighted by Gasteiger charge is 2.04. The quantitative estimate of drug-likeness (QED) is 0.758. The van der Waals surface area contributed by atoms with Gasteiger partial charge in [-0.15, -0.1) is 0 Å². The van der Waals surface area contributed by atoms with Gasteiger partial charge in [-0.25, -0.2) is 0 Å². The monoisotopic (exact) mass is 192 g/mol. The lowest BCUT2D eigenvalue weighted by Gasteiger charge is -1.97. The van der Waals surface area contributed by atoms with Crippen LogP contribution >= 0.6 is 0 Å². The predicted molar refractivity (Wildman–Crippen MR) is 50.9 cm³/mol. The van der Waals surface area contributed by atoms with Crippen LogP contribution in [0.1, 0.15) is 11.5 Å². The standard InChI is InChI=1S/C9H12N4O/c1-7-9(14)12-8(11-7)3-6-13-5-2-4-10-13/h2,4-5,14H,3,6H2,1H3,(H,11,12). The van der Waals surface area contributed by atoms with Crippen molar-refractivity contribution in [1.29, 1.82) is 0 Å². The third kappa shape index (κ3) is 1.76. The van der Waals surface area contributed by atoms with Gasteiger partial charge in [0, 0.05) is 25.4 Å². The van der Waals surface area contributed by atoms with Crippen LogP contribution in [0.15, 0.2) is 18.5 Å². The topological polar surface area (TPSA) is 66.7 Å². The molecule has 2 aromatic rings. The van der Waals surface area contributed by atoms with E-state index >= 15 is 0 Å². The zero-order valence-electron chi connectivity index (χ0n) is 7.94. The van der Waals surface area contributed by atoms with E-state index in [9.17, 15) is 5.11 Å². The van der Waals surface area contributed by atoms with Crippen molar-refractivity contribution in [2.24, 2.45) is 0 Å². The Hall–Kier alpha value is -1.78. The van der Waals surface area contributed by atoms with Gasteiger partial charge in [-0.3, -0.25) is 4.68 Å². The van der Waals surface area contributed by atoms with Gasteiger partial charge in [0.05, 0.1) is 5.69 Å². The summed E-state index contributed by atoms with van der Waals surface area (Å²) in [6.07, 6.45) is 4.38. The number of imidazole rings is 1. The molecule has 0 unspecified atom stereocenters. The van der Waals surface area contributed by atoms with Gasteiger partial charge in [0.2, 0.25) is 5.88 Å². The van der Waals surface area contributed by atoms with Crippen molar-refractivity contribution in [3.63, 3.8) is 0 Å². The number of aromatic nitrogens is 4. The molecule has 0 atom stereocenters. The van der Waals surface area contributed by atoms with Crippen molar-refractivity contribution >= 4 is 0 Å². The van der Waals surface area contributed by atoms with E-state index < -0.39 is 0 Å². The number of aromatic amines is 1. The van der Waals surface area contributed by atoms with Gasteiger partial charge < -0.3 is 10.1 Å². The number of rotatable bonds is 3. The number of aromatic hydroxyl groups is 1. The Labute approximate surface area is 81.4 Å². The Morgan fingerprint density at radius 1 is 1.57 bits per heavy atom. The van der Waals surface area contributed by atoms with E-state index in [1.165, 1.54) is 0 Å². The number of aryl methyl sites for hydroxylation is 3. The molecule has 0 bridgehead atoms. The third-order valence-electron chi connectivity index (χ3n) is 2.04. The lowest BCUT2D eigenvalue weighted by molar-refractivity contribution is 0.450. The summed E-state index contributed by atoms with van der Waals surface area (Å²) in [4.78, 5) is 6.97. The predicted octanol–water partition coefficient (Wildman–Crippen LogP) is 0.863. The summed E-state index contributed by atoms with van der Waals surface area (Å²) in [6, 6.07) is 1.88. The highest BCUT2D eigenvalue weighted by Crippen LogP contribution is 2.11. The highest BCUT2D eigenvalue weighted by molar-refractivity contribution is 5.17. The number of nitrogens with zero attached hydrogens (tertiary/aromatic N) is 3. The average Bonchev–Trinajstić information content (AvgIpc) is 2.74. The zero-order chi connectivity index (χ0) is 9.97. The molecule has 0 aliphatic rings. The fourth-order valence-corrected chi connectivity index (χ4v) is 1.28. The summed E-state index contributed by atoms with van der Waals surface area (Å²) in [5.74, 6) is 0.871. The van der Waals surface area contributed by atoms with Crippen LogP contribution in [-0.4, -0.2) is 24.9 Å². The molecule has 2 rings (SSSR count). The fourth-order valence-electron chi connectivity index (χ4n) is 1.28. The largest absolute Gasteiger partial charge is 0.492 e. The maximum absolute atomic E-state index is 9.23. The minimum atomic E-state index is 0.0838. The van der Waals surface area contributed by atoms with E-state index in [2.05, 4.69) is 15.1 Å². The average molecular weight is 192 g/mol. The molecular weight excluding hydrogens is 180 g/mol. The van der Waals surface area contributed by atoms with E-state index in [1.807, 2.05) is 16.9 Å². The van der Waals surface area contributed by atoms with Crippen LogP contribution in [0.2, 0.25) is 0 Å². The molecule has 0 amide bonds. The Morgan fingerprint density at radius 2 is 2.43 bits per heavy atom. The molecule has 0 saturated carbocycles. The third-order valence-corrected chi connectivity index (χ3v) is 2.04. The number of H-pyrrole nitrogens is 1. The molecule has 74 valence electrons. The highest BCUT2D eigenvalue weighted by atomic mass is 16.3. The van der Waals surface area contributed by atoms with Crippen molar-refractivity contribution in [3.05, 3.63) is 30.0 Å². The first kappa shape index (κ1) is 8.80. The molecule has 0 saturated heterocycles. The van der Waals surface area contributed by atoms with Gasteiger partial charge in [0.15, 0.2) is 0 Å². The summed E-state index contributed by atoms with van der Waals surface area (Å²) in [5.41, 5.74) is 0.709. The second-order valence-electron chi connectivity index (χ2n) is 3.15. The summed E-state index contributed by atoms with van der Waals surface area (Å²) >= 11 is 0. The number of hydrogen-bond donors (Lipinski definition) is 2. The minimum absolute atomic E-state index is 0.0838. The van der Waals surface area contributed by atoms with Crippen molar-refractivity contribution in [1.82, 2.24) is 19.7 Å². The van der Waals surface area contributed by atoms with Crippen LogP contribution in [0.5, 0.6) is 5.88 Å². The van der Waals surface area contributed by atoms with Gasteiger partial charge in [-0.05, 0) is 13.0 Å². The van der Waals surface area contributed by atoms with Crippen molar-refractivity contribution in [3.8, 4) is 5.88 Å². The van der Waals surface area contributed by atoms with Gasteiger partial charge in [0.25, 0.3) is 0 Å². The first-order valence-electron chi connectivity index (χ1n) is 4.47. The molecule has 0 spiro atoms. The normalized spacial score (nSPS) is 10.6. The molecule has 0 aliphatic heterocycles. The molecule has 0 radical (unpaired) electrons. The van der Waals surface area contributed by atoms with Crippen LogP contribution in [0.25, 0.3) is 0 Å². The molecule has 2 aromatic heterocycles. The smallest absolute Gasteiger partial charge is 0.232 e. The van der Waals surface area contributed by atoms with Crippen LogP contribution in [0.3, 0.4) is 0 Å². The molecule has 2 N–H and O–H groups in total. The van der Waals surface area contributed by atoms with E-state index in [0.29, 0.717) is 5.69 Å². The maximum Gasteiger partial charge on any atom is 0.232 e. The van der Waals surface area contributed by atoms with Crippen LogP contribution in [0, 0.1) is 6.92 Å². The van der Waals surface area contributed by atoms with E-state index in [4.69, 9.17) is 0 Å². The van der Waals surface area contributed by atoms with E-state index in [0.717, 1.165) is 18.8 Å². The molecule has 14 heavy (non-hydrogen) atoms. The van der Waals surface area contributed by atoms with Gasteiger partial charge in [0.1, 0.15) is 5.82 Å². The molecule has 5 heteroatoms. The Morgan fingerprint density at radius 3 is 3.00 bits per heavy atom. The van der Waals surface area contributed by atoms with Crippen molar-refractivity contribution in [2.45, 2.75) is 19.9 Å². The maximum atomic E-state index is 9.23. The minimum Gasteiger partial charge on any atom is -0.492 e. The Bertz CT molecular complexity index is 385. The van der Waals surface area contributed by atoms with E-state index in [1.54, 1.807) is 13.1 Å². The van der Waals surface area contributed by atoms with E-state index in [-0.39, 0.29) is 5.88 Å². The molecular formula is C9H12N4O. The second kappa shape index (κ2) is 3.53. The molecule has 5 nitrogen and oxygen atoms in total. The first-order chi connectivity index (χ1) is 6.75. The van der Waals surface area contributed by atoms with Crippen LogP contribution < -0.4 is 0 Å². The summed E-state index contributed by atoms with van der Waals surface area (Å²) < 4.78 is 1.83.